The lowest BCUT2D eigenvalue weighted by atomic mass is 9.92. The summed E-state index contributed by atoms with van der Waals surface area (Å²) in [6.07, 6.45) is 7.34. The molecule has 1 saturated carbocycles. The van der Waals surface area contributed by atoms with Crippen LogP contribution in [0.5, 0.6) is 0 Å². The van der Waals surface area contributed by atoms with Crippen LogP contribution in [0.1, 0.15) is 49.4 Å². The van der Waals surface area contributed by atoms with Gasteiger partial charge in [0.25, 0.3) is 0 Å². The molecule has 0 aromatic carbocycles. The first-order valence-corrected chi connectivity index (χ1v) is 8.94. The highest BCUT2D eigenvalue weighted by molar-refractivity contribution is 6.29. The number of aliphatic hydroxyl groups is 1. The number of piperidine rings is 1. The first-order valence-electron chi connectivity index (χ1n) is 8.56. The van der Waals surface area contributed by atoms with Gasteiger partial charge in [-0.05, 0) is 25.7 Å². The molecule has 1 saturated heterocycles. The van der Waals surface area contributed by atoms with Gasteiger partial charge in [0, 0.05) is 50.4 Å². The zero-order valence-electron chi connectivity index (χ0n) is 13.8. The number of hydrogen-bond acceptors (Lipinski definition) is 5. The predicted octanol–water partition coefficient (Wildman–Crippen LogP) is 2.69. The molecule has 0 radical (unpaired) electrons. The highest BCUT2D eigenvalue weighted by atomic mass is 35.5. The maximum absolute atomic E-state index is 10.7. The van der Waals surface area contributed by atoms with Gasteiger partial charge in [0.05, 0.1) is 0 Å². The minimum Gasteiger partial charge on any atom is -0.385 e. The molecule has 4 rings (SSSR count). The normalized spacial score (nSPS) is 22.6. The van der Waals surface area contributed by atoms with E-state index < -0.39 is 6.10 Å². The highest BCUT2D eigenvalue weighted by Crippen LogP contribution is 2.39. The maximum Gasteiger partial charge on any atom is 0.137 e. The molecule has 2 aromatic rings. The van der Waals surface area contributed by atoms with Crippen molar-refractivity contribution < 1.29 is 5.11 Å². The second-order valence-electron chi connectivity index (χ2n) is 6.87. The summed E-state index contributed by atoms with van der Waals surface area (Å²) in [5, 5.41) is 11.2. The van der Waals surface area contributed by atoms with Gasteiger partial charge >= 0.3 is 0 Å². The Balaban J connectivity index is 1.53. The largest absolute Gasteiger partial charge is 0.385 e. The molecule has 24 heavy (non-hydrogen) atoms. The molecule has 7 heteroatoms. The van der Waals surface area contributed by atoms with Gasteiger partial charge in [-0.2, -0.15) is 0 Å². The topological polar surface area (TPSA) is 67.1 Å². The number of aliphatic hydroxyl groups excluding tert-OH is 1. The standard InChI is InChI=1S/C17H22ClN5O/c1-22-8-6-19-17(22)15(24)12-3-2-7-23(10-12)14-9-13(18)20-16(21-14)11-4-5-11/h6,8-9,11-12,15,24H,2-5,7,10H2,1H3. The summed E-state index contributed by atoms with van der Waals surface area (Å²) in [5.41, 5.74) is 0. The van der Waals surface area contributed by atoms with E-state index in [1.807, 2.05) is 23.9 Å². The van der Waals surface area contributed by atoms with Gasteiger partial charge in [0.1, 0.15) is 28.7 Å². The van der Waals surface area contributed by atoms with Crippen molar-refractivity contribution in [2.24, 2.45) is 13.0 Å². The molecule has 1 N–H and O–H groups in total. The van der Waals surface area contributed by atoms with Crippen LogP contribution in [0.2, 0.25) is 5.15 Å². The Kier molecular flexibility index (Phi) is 4.18. The van der Waals surface area contributed by atoms with Crippen LogP contribution in [-0.2, 0) is 7.05 Å². The smallest absolute Gasteiger partial charge is 0.137 e. The van der Waals surface area contributed by atoms with Crippen LogP contribution in [0.25, 0.3) is 0 Å². The van der Waals surface area contributed by atoms with E-state index in [1.54, 1.807) is 6.20 Å². The first-order chi connectivity index (χ1) is 11.6. The van der Waals surface area contributed by atoms with Crippen molar-refractivity contribution >= 4 is 17.4 Å². The van der Waals surface area contributed by atoms with Gasteiger partial charge < -0.3 is 14.6 Å². The van der Waals surface area contributed by atoms with Crippen LogP contribution in [-0.4, -0.2) is 37.7 Å². The van der Waals surface area contributed by atoms with Gasteiger partial charge in [0.2, 0.25) is 0 Å². The summed E-state index contributed by atoms with van der Waals surface area (Å²) in [6.45, 7) is 1.69. The van der Waals surface area contributed by atoms with Gasteiger partial charge in [-0.1, -0.05) is 11.6 Å². The number of nitrogens with zero attached hydrogens (tertiary/aromatic N) is 5. The Morgan fingerprint density at radius 2 is 2.12 bits per heavy atom. The Hall–Kier alpha value is -1.66. The molecular weight excluding hydrogens is 326 g/mol. The number of halogens is 1. The number of aromatic nitrogens is 4. The second kappa shape index (κ2) is 6.33. The molecule has 6 nitrogen and oxygen atoms in total. The van der Waals surface area contributed by atoms with Crippen LogP contribution >= 0.6 is 11.6 Å². The lowest BCUT2D eigenvalue weighted by Gasteiger charge is -2.35. The summed E-state index contributed by atoms with van der Waals surface area (Å²) < 4.78 is 1.89. The fraction of sp³-hybridized carbons (Fsp3) is 0.588. The number of hydrogen-bond donors (Lipinski definition) is 1. The third kappa shape index (κ3) is 3.13. The Labute approximate surface area is 146 Å². The molecule has 2 fully saturated rings. The van der Waals surface area contributed by atoms with Crippen LogP contribution in [0, 0.1) is 5.92 Å². The molecule has 0 spiro atoms. The van der Waals surface area contributed by atoms with Crippen LogP contribution in [0.4, 0.5) is 5.82 Å². The van der Waals surface area contributed by atoms with Gasteiger partial charge in [-0.25, -0.2) is 15.0 Å². The van der Waals surface area contributed by atoms with Crippen molar-refractivity contribution in [1.29, 1.82) is 0 Å². The van der Waals surface area contributed by atoms with E-state index in [9.17, 15) is 5.11 Å². The van der Waals surface area contributed by atoms with Gasteiger partial charge in [-0.15, -0.1) is 0 Å². The lowest BCUT2D eigenvalue weighted by molar-refractivity contribution is 0.0873. The minimum atomic E-state index is -0.562. The van der Waals surface area contributed by atoms with Crippen molar-refractivity contribution in [1.82, 2.24) is 19.5 Å². The molecule has 2 atom stereocenters. The number of imidazole rings is 1. The zero-order chi connectivity index (χ0) is 16.7. The van der Waals surface area contributed by atoms with E-state index in [0.717, 1.165) is 56.2 Å². The molecule has 2 unspecified atom stereocenters. The summed E-state index contributed by atoms with van der Waals surface area (Å²) in [5.74, 6) is 3.08. The number of anilines is 1. The first kappa shape index (κ1) is 15.8. The van der Waals surface area contributed by atoms with Crippen LogP contribution < -0.4 is 4.90 Å². The van der Waals surface area contributed by atoms with E-state index in [4.69, 9.17) is 16.6 Å². The van der Waals surface area contributed by atoms with Crippen molar-refractivity contribution in [2.45, 2.75) is 37.7 Å². The van der Waals surface area contributed by atoms with E-state index >= 15 is 0 Å². The minimum absolute atomic E-state index is 0.137. The fourth-order valence-electron chi connectivity index (χ4n) is 3.46. The molecular formula is C17H22ClN5O. The van der Waals surface area contributed by atoms with E-state index in [0.29, 0.717) is 11.1 Å². The van der Waals surface area contributed by atoms with Crippen molar-refractivity contribution in [3.63, 3.8) is 0 Å². The fourth-order valence-corrected chi connectivity index (χ4v) is 3.64. The monoisotopic (exact) mass is 347 g/mol. The highest BCUT2D eigenvalue weighted by Gasteiger charge is 2.31. The number of aryl methyl sites for hydroxylation is 1. The summed E-state index contributed by atoms with van der Waals surface area (Å²) in [6, 6.07) is 1.84. The molecule has 1 aliphatic heterocycles. The molecule has 0 amide bonds. The third-order valence-corrected chi connectivity index (χ3v) is 5.19. The molecule has 2 aliphatic rings. The molecule has 3 heterocycles. The predicted molar refractivity (Wildman–Crippen MR) is 92.1 cm³/mol. The van der Waals surface area contributed by atoms with Crippen LogP contribution in [0.15, 0.2) is 18.5 Å². The summed E-state index contributed by atoms with van der Waals surface area (Å²) >= 11 is 6.20. The molecule has 1 aliphatic carbocycles. The third-order valence-electron chi connectivity index (χ3n) is 4.99. The SMILES string of the molecule is Cn1ccnc1C(O)C1CCCN(c2cc(Cl)nc(C3CC3)n2)C1. The van der Waals surface area contributed by atoms with Gasteiger partial charge in [0.15, 0.2) is 0 Å². The lowest BCUT2D eigenvalue weighted by Crippen LogP contribution is -2.39. The van der Waals surface area contributed by atoms with E-state index in [-0.39, 0.29) is 5.92 Å². The van der Waals surface area contributed by atoms with E-state index in [1.165, 1.54) is 0 Å². The second-order valence-corrected chi connectivity index (χ2v) is 7.26. The van der Waals surface area contributed by atoms with Crippen molar-refractivity contribution in [3.05, 3.63) is 35.3 Å². The quantitative estimate of drug-likeness (QED) is 0.861. The van der Waals surface area contributed by atoms with Crippen molar-refractivity contribution in [2.75, 3.05) is 18.0 Å². The Morgan fingerprint density at radius 3 is 2.83 bits per heavy atom. The zero-order valence-corrected chi connectivity index (χ0v) is 14.5. The Bertz CT molecular complexity index is 730. The molecule has 0 bridgehead atoms. The molecule has 2 aromatic heterocycles. The summed E-state index contributed by atoms with van der Waals surface area (Å²) in [4.78, 5) is 15.6. The van der Waals surface area contributed by atoms with Crippen LogP contribution in [0.3, 0.4) is 0 Å². The number of rotatable bonds is 4. The van der Waals surface area contributed by atoms with E-state index in [2.05, 4.69) is 14.9 Å². The average Bonchev–Trinajstić information content (AvgIpc) is 3.35. The summed E-state index contributed by atoms with van der Waals surface area (Å²) in [7, 11) is 1.91. The Morgan fingerprint density at radius 1 is 1.29 bits per heavy atom. The molecule has 128 valence electrons. The average molecular weight is 348 g/mol. The van der Waals surface area contributed by atoms with Crippen molar-refractivity contribution in [3.8, 4) is 0 Å². The maximum atomic E-state index is 10.7. The van der Waals surface area contributed by atoms with Gasteiger partial charge in [-0.3, -0.25) is 0 Å².